The van der Waals surface area contributed by atoms with E-state index in [1.807, 2.05) is 30.3 Å². The molecule has 166 valence electrons. The molecule has 0 bridgehead atoms. The highest BCUT2D eigenvalue weighted by atomic mass is 32.1. The standard InChI is InChI=1S/C24H30N2O4S/c1-24(2,3)16-9-10-17-18(13-16)31-23(26-19(27)11-12-20(28)29)21(17)22(30)25-14-15-7-5-4-6-8-15/h4-8,16H,9-14H2,1-3H3,(H,25,30)(H,26,27)(H,28,29). The van der Waals surface area contributed by atoms with Crippen molar-refractivity contribution in [2.75, 3.05) is 5.32 Å². The van der Waals surface area contributed by atoms with Gasteiger partial charge in [-0.25, -0.2) is 0 Å². The lowest BCUT2D eigenvalue weighted by molar-refractivity contribution is -0.138. The number of hydrogen-bond acceptors (Lipinski definition) is 4. The molecule has 3 rings (SSSR count). The molecule has 3 N–H and O–H groups in total. The minimum absolute atomic E-state index is 0.117. The Hall–Kier alpha value is -2.67. The third-order valence-corrected chi connectivity index (χ3v) is 7.00. The Morgan fingerprint density at radius 2 is 1.84 bits per heavy atom. The van der Waals surface area contributed by atoms with Gasteiger partial charge in [0, 0.05) is 17.8 Å². The van der Waals surface area contributed by atoms with E-state index in [2.05, 4.69) is 31.4 Å². The lowest BCUT2D eigenvalue weighted by atomic mass is 9.72. The molecule has 2 aromatic rings. The normalized spacial score (nSPS) is 15.8. The van der Waals surface area contributed by atoms with Crippen LogP contribution in [0.1, 0.15) is 66.4 Å². The number of carboxylic acids is 1. The summed E-state index contributed by atoms with van der Waals surface area (Å²) in [6.45, 7) is 7.11. The molecule has 1 unspecified atom stereocenters. The van der Waals surface area contributed by atoms with E-state index in [-0.39, 0.29) is 30.1 Å². The van der Waals surface area contributed by atoms with Crippen LogP contribution in [0.3, 0.4) is 0 Å². The Bertz CT molecular complexity index is 960. The number of nitrogens with one attached hydrogen (secondary N) is 2. The Morgan fingerprint density at radius 1 is 1.13 bits per heavy atom. The Kier molecular flexibility index (Phi) is 7.15. The zero-order valence-corrected chi connectivity index (χ0v) is 19.1. The predicted octanol–water partition coefficient (Wildman–Crippen LogP) is 4.63. The SMILES string of the molecule is CC(C)(C)C1CCc2c(sc(NC(=O)CCC(=O)O)c2C(=O)NCc2ccccc2)C1. The Morgan fingerprint density at radius 3 is 2.48 bits per heavy atom. The van der Waals surface area contributed by atoms with Gasteiger partial charge in [-0.2, -0.15) is 0 Å². The van der Waals surface area contributed by atoms with Crippen molar-refractivity contribution >= 4 is 34.1 Å². The molecular weight excluding hydrogens is 412 g/mol. The number of amides is 2. The van der Waals surface area contributed by atoms with Crippen molar-refractivity contribution in [3.63, 3.8) is 0 Å². The van der Waals surface area contributed by atoms with Crippen LogP contribution in [0.25, 0.3) is 0 Å². The molecule has 1 aromatic heterocycles. The van der Waals surface area contributed by atoms with Crippen molar-refractivity contribution in [3.8, 4) is 0 Å². The van der Waals surface area contributed by atoms with Gasteiger partial charge >= 0.3 is 5.97 Å². The predicted molar refractivity (Wildman–Crippen MR) is 122 cm³/mol. The van der Waals surface area contributed by atoms with Gasteiger partial charge in [0.05, 0.1) is 12.0 Å². The topological polar surface area (TPSA) is 95.5 Å². The van der Waals surface area contributed by atoms with E-state index in [0.717, 1.165) is 35.3 Å². The number of anilines is 1. The van der Waals surface area contributed by atoms with Crippen molar-refractivity contribution in [2.24, 2.45) is 11.3 Å². The highest BCUT2D eigenvalue weighted by Gasteiger charge is 2.34. The fraction of sp³-hybridized carbons (Fsp3) is 0.458. The van der Waals surface area contributed by atoms with Crippen LogP contribution in [0.5, 0.6) is 0 Å². The highest BCUT2D eigenvalue weighted by Crippen LogP contribution is 2.44. The molecule has 1 aliphatic carbocycles. The van der Waals surface area contributed by atoms with Crippen molar-refractivity contribution in [1.29, 1.82) is 0 Å². The van der Waals surface area contributed by atoms with E-state index in [9.17, 15) is 14.4 Å². The summed E-state index contributed by atoms with van der Waals surface area (Å²) < 4.78 is 0. The minimum Gasteiger partial charge on any atom is -0.481 e. The number of hydrogen-bond donors (Lipinski definition) is 3. The van der Waals surface area contributed by atoms with Gasteiger partial charge in [0.25, 0.3) is 5.91 Å². The highest BCUT2D eigenvalue weighted by molar-refractivity contribution is 7.17. The first-order valence-electron chi connectivity index (χ1n) is 10.6. The summed E-state index contributed by atoms with van der Waals surface area (Å²) in [4.78, 5) is 37.4. The first-order chi connectivity index (χ1) is 14.6. The molecule has 1 heterocycles. The molecule has 0 radical (unpaired) electrons. The first-order valence-corrected chi connectivity index (χ1v) is 11.4. The van der Waals surface area contributed by atoms with Crippen LogP contribution < -0.4 is 10.6 Å². The summed E-state index contributed by atoms with van der Waals surface area (Å²) in [7, 11) is 0. The van der Waals surface area contributed by atoms with Gasteiger partial charge in [-0.15, -0.1) is 11.3 Å². The molecule has 1 aromatic carbocycles. The number of carbonyl (C=O) groups is 3. The smallest absolute Gasteiger partial charge is 0.303 e. The van der Waals surface area contributed by atoms with Crippen LogP contribution in [-0.4, -0.2) is 22.9 Å². The first kappa shape index (κ1) is 23.0. The fourth-order valence-corrected chi connectivity index (χ4v) is 5.27. The van der Waals surface area contributed by atoms with Gasteiger partial charge in [-0.05, 0) is 41.7 Å². The van der Waals surface area contributed by atoms with E-state index in [0.29, 0.717) is 23.0 Å². The zero-order valence-electron chi connectivity index (χ0n) is 18.3. The molecule has 0 aliphatic heterocycles. The van der Waals surface area contributed by atoms with Crippen molar-refractivity contribution in [2.45, 2.75) is 59.4 Å². The summed E-state index contributed by atoms with van der Waals surface area (Å²) in [5.74, 6) is -1.10. The number of benzene rings is 1. The molecule has 0 saturated carbocycles. The van der Waals surface area contributed by atoms with E-state index < -0.39 is 5.97 Å². The molecule has 0 saturated heterocycles. The molecule has 0 spiro atoms. The van der Waals surface area contributed by atoms with E-state index in [1.165, 1.54) is 11.3 Å². The zero-order chi connectivity index (χ0) is 22.6. The maximum atomic E-state index is 13.1. The minimum atomic E-state index is -1.02. The number of carbonyl (C=O) groups excluding carboxylic acids is 2. The molecule has 6 nitrogen and oxygen atoms in total. The molecule has 2 amide bonds. The summed E-state index contributed by atoms with van der Waals surface area (Å²) in [5.41, 5.74) is 2.72. The second-order valence-corrected chi connectivity index (χ2v) is 10.2. The number of rotatable bonds is 7. The molecule has 1 atom stereocenters. The molecule has 7 heteroatoms. The van der Waals surface area contributed by atoms with Gasteiger partial charge in [0.15, 0.2) is 0 Å². The Balaban J connectivity index is 1.84. The quantitative estimate of drug-likeness (QED) is 0.582. The third-order valence-electron chi connectivity index (χ3n) is 5.83. The van der Waals surface area contributed by atoms with Gasteiger partial charge in [-0.3, -0.25) is 14.4 Å². The molecule has 1 aliphatic rings. The lowest BCUT2D eigenvalue weighted by Gasteiger charge is -2.33. The van der Waals surface area contributed by atoms with Crippen LogP contribution >= 0.6 is 11.3 Å². The summed E-state index contributed by atoms with van der Waals surface area (Å²) in [6.07, 6.45) is 2.32. The van der Waals surface area contributed by atoms with E-state index in [4.69, 9.17) is 5.11 Å². The number of fused-ring (bicyclic) bond motifs is 1. The second kappa shape index (κ2) is 9.64. The Labute approximate surface area is 187 Å². The van der Waals surface area contributed by atoms with Crippen LogP contribution in [0.4, 0.5) is 5.00 Å². The van der Waals surface area contributed by atoms with Crippen molar-refractivity contribution in [1.82, 2.24) is 5.32 Å². The second-order valence-electron chi connectivity index (χ2n) is 9.12. The monoisotopic (exact) mass is 442 g/mol. The molecular formula is C24H30N2O4S. The summed E-state index contributed by atoms with van der Waals surface area (Å²) in [6, 6.07) is 9.68. The van der Waals surface area contributed by atoms with Gasteiger partial charge in [0.1, 0.15) is 5.00 Å². The van der Waals surface area contributed by atoms with Crippen LogP contribution in [-0.2, 0) is 29.0 Å². The third kappa shape index (κ3) is 5.94. The summed E-state index contributed by atoms with van der Waals surface area (Å²) >= 11 is 1.45. The molecule has 0 fully saturated rings. The van der Waals surface area contributed by atoms with Crippen LogP contribution in [0.2, 0.25) is 0 Å². The van der Waals surface area contributed by atoms with Gasteiger partial charge < -0.3 is 15.7 Å². The maximum Gasteiger partial charge on any atom is 0.303 e. The number of thiophene rings is 1. The van der Waals surface area contributed by atoms with E-state index >= 15 is 0 Å². The largest absolute Gasteiger partial charge is 0.481 e. The molecule has 31 heavy (non-hydrogen) atoms. The van der Waals surface area contributed by atoms with Gasteiger partial charge in [-0.1, -0.05) is 51.1 Å². The van der Waals surface area contributed by atoms with E-state index in [1.54, 1.807) is 0 Å². The summed E-state index contributed by atoms with van der Waals surface area (Å²) in [5, 5.41) is 15.2. The van der Waals surface area contributed by atoms with Crippen LogP contribution in [0, 0.1) is 11.3 Å². The maximum absolute atomic E-state index is 13.1. The average molecular weight is 443 g/mol. The van der Waals surface area contributed by atoms with Crippen molar-refractivity contribution < 1.29 is 19.5 Å². The lowest BCUT2D eigenvalue weighted by Crippen LogP contribution is -2.28. The number of carboxylic acid groups (broad SMARTS) is 1. The van der Waals surface area contributed by atoms with Crippen LogP contribution in [0.15, 0.2) is 30.3 Å². The average Bonchev–Trinajstić information content (AvgIpc) is 3.07. The van der Waals surface area contributed by atoms with Crippen molar-refractivity contribution in [3.05, 3.63) is 51.9 Å². The fourth-order valence-electron chi connectivity index (χ4n) is 3.93. The van der Waals surface area contributed by atoms with Gasteiger partial charge in [0.2, 0.25) is 5.91 Å². The number of aliphatic carboxylic acids is 1.